The number of hydrogen-bond acceptors (Lipinski definition) is 4. The van der Waals surface area contributed by atoms with Crippen LogP contribution in [0.2, 0.25) is 0 Å². The monoisotopic (exact) mass is 248 g/mol. The first-order valence-electron chi connectivity index (χ1n) is 5.58. The molecule has 1 aromatic carbocycles. The lowest BCUT2D eigenvalue weighted by atomic mass is 10.0. The molecule has 0 radical (unpaired) electrons. The highest BCUT2D eigenvalue weighted by molar-refractivity contribution is 7.10. The summed E-state index contributed by atoms with van der Waals surface area (Å²) < 4.78 is 5.63. The van der Waals surface area contributed by atoms with E-state index in [0.29, 0.717) is 6.61 Å². The van der Waals surface area contributed by atoms with Crippen molar-refractivity contribution in [3.63, 3.8) is 0 Å². The average Bonchev–Trinajstić information content (AvgIpc) is 2.86. The molecule has 0 aliphatic heterocycles. The Morgan fingerprint density at radius 2 is 2.12 bits per heavy atom. The minimum Gasteiger partial charge on any atom is -0.494 e. The molecule has 1 heterocycles. The first-order valence-corrected chi connectivity index (χ1v) is 6.46. The predicted molar refractivity (Wildman–Crippen MR) is 71.1 cm³/mol. The molecular weight excluding hydrogens is 232 g/mol. The number of rotatable bonds is 5. The van der Waals surface area contributed by atoms with Crippen molar-refractivity contribution in [2.75, 3.05) is 6.61 Å². The molecule has 1 aromatic heterocycles. The molecule has 1 unspecified atom stereocenters. The van der Waals surface area contributed by atoms with E-state index in [1.807, 2.05) is 42.6 Å². The highest BCUT2D eigenvalue weighted by Gasteiger charge is 2.17. The lowest BCUT2D eigenvalue weighted by Gasteiger charge is -2.18. The zero-order chi connectivity index (χ0) is 12.1. The van der Waals surface area contributed by atoms with Gasteiger partial charge in [0, 0.05) is 10.4 Å². The van der Waals surface area contributed by atoms with Crippen LogP contribution in [-0.4, -0.2) is 6.61 Å². The van der Waals surface area contributed by atoms with Crippen molar-refractivity contribution >= 4 is 11.3 Å². The van der Waals surface area contributed by atoms with E-state index in [1.54, 1.807) is 11.3 Å². The highest BCUT2D eigenvalue weighted by atomic mass is 32.1. The first kappa shape index (κ1) is 12.1. The summed E-state index contributed by atoms with van der Waals surface area (Å²) in [5, 5.41) is 2.04. The molecule has 0 amide bonds. The van der Waals surface area contributed by atoms with Gasteiger partial charge in [0.1, 0.15) is 5.75 Å². The van der Waals surface area contributed by atoms with Gasteiger partial charge in [0.25, 0.3) is 0 Å². The van der Waals surface area contributed by atoms with Gasteiger partial charge in [0.05, 0.1) is 12.6 Å². The van der Waals surface area contributed by atoms with E-state index in [4.69, 9.17) is 10.6 Å². The van der Waals surface area contributed by atoms with E-state index < -0.39 is 0 Å². The van der Waals surface area contributed by atoms with Gasteiger partial charge in [-0.05, 0) is 24.4 Å². The number of benzene rings is 1. The van der Waals surface area contributed by atoms with Crippen LogP contribution in [0, 0.1) is 0 Å². The van der Waals surface area contributed by atoms with E-state index in [1.165, 1.54) is 4.88 Å². The van der Waals surface area contributed by atoms with E-state index >= 15 is 0 Å². The SMILES string of the molecule is CCOc1ccccc1C(NN)c1cccs1. The smallest absolute Gasteiger partial charge is 0.124 e. The predicted octanol–water partition coefficient (Wildman–Crippen LogP) is 2.70. The summed E-state index contributed by atoms with van der Waals surface area (Å²) in [6.45, 7) is 2.63. The Bertz CT molecular complexity index is 456. The first-order chi connectivity index (χ1) is 8.36. The summed E-state index contributed by atoms with van der Waals surface area (Å²) in [7, 11) is 0. The quantitative estimate of drug-likeness (QED) is 0.632. The number of nitrogens with two attached hydrogens (primary N) is 1. The molecule has 3 nitrogen and oxygen atoms in total. The van der Waals surface area contributed by atoms with Gasteiger partial charge < -0.3 is 4.74 Å². The van der Waals surface area contributed by atoms with Gasteiger partial charge in [-0.1, -0.05) is 24.3 Å². The molecule has 2 rings (SSSR count). The number of nitrogens with one attached hydrogen (secondary N) is 1. The summed E-state index contributed by atoms with van der Waals surface area (Å²) in [4.78, 5) is 1.18. The van der Waals surface area contributed by atoms with E-state index in [9.17, 15) is 0 Å². The van der Waals surface area contributed by atoms with Gasteiger partial charge in [-0.25, -0.2) is 5.43 Å². The van der Waals surface area contributed by atoms with Crippen LogP contribution in [0.5, 0.6) is 5.75 Å². The second-order valence-corrected chi connectivity index (χ2v) is 4.57. The summed E-state index contributed by atoms with van der Waals surface area (Å²) in [5.41, 5.74) is 3.92. The molecule has 0 spiro atoms. The lowest BCUT2D eigenvalue weighted by Crippen LogP contribution is -2.28. The number of para-hydroxylation sites is 1. The maximum Gasteiger partial charge on any atom is 0.124 e. The van der Waals surface area contributed by atoms with Gasteiger partial charge in [-0.3, -0.25) is 5.84 Å². The summed E-state index contributed by atoms with van der Waals surface area (Å²) in [6.07, 6.45) is 0. The molecule has 1 atom stereocenters. The second kappa shape index (κ2) is 5.82. The fourth-order valence-corrected chi connectivity index (χ4v) is 2.59. The van der Waals surface area contributed by atoms with Crippen LogP contribution in [0.1, 0.15) is 23.4 Å². The van der Waals surface area contributed by atoms with Gasteiger partial charge >= 0.3 is 0 Å². The molecule has 0 saturated heterocycles. The van der Waals surface area contributed by atoms with Crippen molar-refractivity contribution in [2.24, 2.45) is 5.84 Å². The molecule has 0 fully saturated rings. The van der Waals surface area contributed by atoms with Gasteiger partial charge in [0.2, 0.25) is 0 Å². The van der Waals surface area contributed by atoms with Crippen molar-refractivity contribution < 1.29 is 4.74 Å². The van der Waals surface area contributed by atoms with Gasteiger partial charge in [-0.15, -0.1) is 11.3 Å². The average molecular weight is 248 g/mol. The normalized spacial score (nSPS) is 12.4. The van der Waals surface area contributed by atoms with Crippen molar-refractivity contribution in [3.8, 4) is 5.75 Å². The van der Waals surface area contributed by atoms with Crippen LogP contribution >= 0.6 is 11.3 Å². The zero-order valence-electron chi connectivity index (χ0n) is 9.72. The van der Waals surface area contributed by atoms with Crippen molar-refractivity contribution in [2.45, 2.75) is 13.0 Å². The standard InChI is InChI=1S/C13H16N2OS/c1-2-16-11-7-4-3-6-10(11)13(15-14)12-8-5-9-17-12/h3-9,13,15H,2,14H2,1H3. The topological polar surface area (TPSA) is 47.3 Å². The summed E-state index contributed by atoms with van der Waals surface area (Å²) in [5.74, 6) is 6.54. The van der Waals surface area contributed by atoms with Crippen LogP contribution in [0.4, 0.5) is 0 Å². The molecular formula is C13H16N2OS. The molecule has 0 saturated carbocycles. The van der Waals surface area contributed by atoms with Crippen LogP contribution < -0.4 is 16.0 Å². The van der Waals surface area contributed by atoms with Crippen LogP contribution in [0.15, 0.2) is 41.8 Å². The Kier molecular flexibility index (Phi) is 4.14. The minimum atomic E-state index is -0.0160. The third kappa shape index (κ3) is 2.66. The van der Waals surface area contributed by atoms with Crippen LogP contribution in [0.25, 0.3) is 0 Å². The largest absolute Gasteiger partial charge is 0.494 e. The molecule has 17 heavy (non-hydrogen) atoms. The zero-order valence-corrected chi connectivity index (χ0v) is 10.5. The number of hydrazine groups is 1. The van der Waals surface area contributed by atoms with Crippen molar-refractivity contribution in [1.29, 1.82) is 0 Å². The third-order valence-corrected chi connectivity index (χ3v) is 3.46. The Morgan fingerprint density at radius 1 is 1.29 bits per heavy atom. The van der Waals surface area contributed by atoms with Crippen molar-refractivity contribution in [1.82, 2.24) is 5.43 Å². The summed E-state index contributed by atoms with van der Waals surface area (Å²) >= 11 is 1.68. The second-order valence-electron chi connectivity index (χ2n) is 3.59. The fourth-order valence-electron chi connectivity index (χ4n) is 1.79. The maximum absolute atomic E-state index is 5.66. The molecule has 3 N–H and O–H groups in total. The molecule has 0 aliphatic carbocycles. The molecule has 4 heteroatoms. The van der Waals surface area contributed by atoms with Crippen molar-refractivity contribution in [3.05, 3.63) is 52.2 Å². The van der Waals surface area contributed by atoms with E-state index in [0.717, 1.165) is 11.3 Å². The van der Waals surface area contributed by atoms with Gasteiger partial charge in [0.15, 0.2) is 0 Å². The molecule has 0 aliphatic rings. The lowest BCUT2D eigenvalue weighted by molar-refractivity contribution is 0.334. The maximum atomic E-state index is 5.66. The van der Waals surface area contributed by atoms with Crippen LogP contribution in [-0.2, 0) is 0 Å². The highest BCUT2D eigenvalue weighted by Crippen LogP contribution is 2.31. The Morgan fingerprint density at radius 3 is 2.76 bits per heavy atom. The number of thiophene rings is 1. The van der Waals surface area contributed by atoms with Crippen LogP contribution in [0.3, 0.4) is 0 Å². The Labute approximate surface area is 105 Å². The van der Waals surface area contributed by atoms with E-state index in [-0.39, 0.29) is 6.04 Å². The molecule has 90 valence electrons. The minimum absolute atomic E-state index is 0.0160. The molecule has 2 aromatic rings. The van der Waals surface area contributed by atoms with Gasteiger partial charge in [-0.2, -0.15) is 0 Å². The fraction of sp³-hybridized carbons (Fsp3) is 0.231. The number of hydrogen-bond donors (Lipinski definition) is 2. The Balaban J connectivity index is 2.37. The molecule has 0 bridgehead atoms. The third-order valence-electron chi connectivity index (χ3n) is 2.52. The Hall–Kier alpha value is -1.36. The summed E-state index contributed by atoms with van der Waals surface area (Å²) in [6, 6.07) is 12.0. The van der Waals surface area contributed by atoms with E-state index in [2.05, 4.69) is 11.5 Å². The number of ether oxygens (including phenoxy) is 1.